The number of nitrogens with one attached hydrogen (secondary N) is 2. The van der Waals surface area contributed by atoms with Crippen molar-refractivity contribution in [3.8, 4) is 5.75 Å². The smallest absolute Gasteiger partial charge is 0.180 e. The number of methoxy groups -OCH3 is 1. The van der Waals surface area contributed by atoms with Crippen molar-refractivity contribution in [3.63, 3.8) is 0 Å². The summed E-state index contributed by atoms with van der Waals surface area (Å²) in [5.41, 5.74) is 8.33. The van der Waals surface area contributed by atoms with Crippen molar-refractivity contribution in [2.75, 3.05) is 7.11 Å². The summed E-state index contributed by atoms with van der Waals surface area (Å²) in [6.45, 7) is 4.10. The maximum Gasteiger partial charge on any atom is 0.180 e. The first kappa shape index (κ1) is 12.8. The molecule has 0 amide bonds. The molecule has 0 aromatic heterocycles. The number of rotatable bonds is 3. The molecular weight excluding hydrogens is 246 g/mol. The largest absolute Gasteiger partial charge is 0.497 e. The van der Waals surface area contributed by atoms with Gasteiger partial charge in [-0.3, -0.25) is 15.8 Å². The van der Waals surface area contributed by atoms with E-state index in [9.17, 15) is 0 Å². The third kappa shape index (κ3) is 3.20. The topological polar surface area (TPSA) is 45.6 Å². The van der Waals surface area contributed by atoms with Gasteiger partial charge in [0.05, 0.1) is 12.8 Å². The predicted molar refractivity (Wildman–Crippen MR) is 77.4 cm³/mol. The molecule has 4 nitrogen and oxygen atoms in total. The van der Waals surface area contributed by atoms with Crippen molar-refractivity contribution in [1.82, 2.24) is 10.9 Å². The summed E-state index contributed by atoms with van der Waals surface area (Å²) in [5, 5.41) is 2.93. The van der Waals surface area contributed by atoms with Crippen LogP contribution in [0.15, 0.2) is 34.7 Å². The lowest BCUT2D eigenvalue weighted by molar-refractivity contribution is 0.414. The first-order chi connectivity index (χ1) is 8.69. The molecular formula is C13H17N3OS. The van der Waals surface area contributed by atoms with Gasteiger partial charge in [0.15, 0.2) is 5.17 Å². The Labute approximate surface area is 111 Å². The Morgan fingerprint density at radius 2 is 2.11 bits per heavy atom. The van der Waals surface area contributed by atoms with E-state index in [1.807, 2.05) is 29.7 Å². The summed E-state index contributed by atoms with van der Waals surface area (Å²) in [6.07, 6.45) is 0. The lowest BCUT2D eigenvalue weighted by atomic mass is 10.2. The second-order valence-electron chi connectivity index (χ2n) is 4.16. The van der Waals surface area contributed by atoms with Gasteiger partial charge in [-0.1, -0.05) is 23.9 Å². The number of ether oxygens (including phenoxy) is 1. The van der Waals surface area contributed by atoms with Gasteiger partial charge >= 0.3 is 0 Å². The molecule has 0 fully saturated rings. The summed E-state index contributed by atoms with van der Waals surface area (Å²) in [5.74, 6) is 0.849. The van der Waals surface area contributed by atoms with E-state index >= 15 is 0 Å². The summed E-state index contributed by atoms with van der Waals surface area (Å²) in [4.78, 5) is 4.43. The molecule has 0 atom stereocenters. The van der Waals surface area contributed by atoms with Gasteiger partial charge in [0.2, 0.25) is 0 Å². The number of thioether (sulfide) groups is 1. The molecule has 1 aliphatic rings. The lowest BCUT2D eigenvalue weighted by Gasteiger charge is -2.19. The first-order valence-corrected chi connectivity index (χ1v) is 6.68. The van der Waals surface area contributed by atoms with E-state index in [2.05, 4.69) is 29.7 Å². The molecule has 0 unspecified atom stereocenters. The molecule has 0 aliphatic carbocycles. The highest BCUT2D eigenvalue weighted by atomic mass is 32.2. The SMILES string of the molecule is COc1cccc(C2=CSC(=NC(C)C)NN2)c1. The summed E-state index contributed by atoms with van der Waals surface area (Å²) in [7, 11) is 1.67. The molecule has 5 heteroatoms. The highest BCUT2D eigenvalue weighted by molar-refractivity contribution is 8.16. The van der Waals surface area contributed by atoms with Crippen LogP contribution in [0.4, 0.5) is 0 Å². The average molecular weight is 263 g/mol. The summed E-state index contributed by atoms with van der Waals surface area (Å²) in [6, 6.07) is 8.21. The Morgan fingerprint density at radius 1 is 1.28 bits per heavy atom. The van der Waals surface area contributed by atoms with Gasteiger partial charge in [0, 0.05) is 17.0 Å². The van der Waals surface area contributed by atoms with Crippen molar-refractivity contribution in [3.05, 3.63) is 35.2 Å². The average Bonchev–Trinajstić information content (AvgIpc) is 2.39. The van der Waals surface area contributed by atoms with Crippen molar-refractivity contribution >= 4 is 22.6 Å². The monoisotopic (exact) mass is 263 g/mol. The summed E-state index contributed by atoms with van der Waals surface area (Å²) >= 11 is 1.58. The zero-order valence-corrected chi connectivity index (χ0v) is 11.5. The molecule has 0 saturated carbocycles. The van der Waals surface area contributed by atoms with Crippen LogP contribution in [0.1, 0.15) is 19.4 Å². The van der Waals surface area contributed by atoms with Crippen LogP contribution in [0.3, 0.4) is 0 Å². The van der Waals surface area contributed by atoms with Gasteiger partial charge in [0.25, 0.3) is 0 Å². The number of hydrogen-bond acceptors (Lipinski definition) is 4. The Bertz CT molecular complexity index is 483. The molecule has 0 saturated heterocycles. The maximum atomic E-state index is 5.21. The van der Waals surface area contributed by atoms with E-state index in [4.69, 9.17) is 4.74 Å². The van der Waals surface area contributed by atoms with Gasteiger partial charge in [-0.15, -0.1) is 0 Å². The van der Waals surface area contributed by atoms with Gasteiger partial charge in [0.1, 0.15) is 5.75 Å². The van der Waals surface area contributed by atoms with E-state index in [-0.39, 0.29) is 6.04 Å². The molecule has 18 heavy (non-hydrogen) atoms. The van der Waals surface area contributed by atoms with Crippen LogP contribution < -0.4 is 15.6 Å². The standard InChI is InChI=1S/C13H17N3OS/c1-9(2)14-13-16-15-12(8-18-13)10-5-4-6-11(7-10)17-3/h4-9,15H,1-3H3,(H,14,16). The number of nitrogens with zero attached hydrogens (tertiary/aromatic N) is 1. The van der Waals surface area contributed by atoms with Crippen LogP contribution in [-0.4, -0.2) is 18.3 Å². The minimum Gasteiger partial charge on any atom is -0.497 e. The fourth-order valence-corrected chi connectivity index (χ4v) is 2.33. The number of benzene rings is 1. The van der Waals surface area contributed by atoms with Gasteiger partial charge in [-0.25, -0.2) is 0 Å². The van der Waals surface area contributed by atoms with Crippen LogP contribution in [0.25, 0.3) is 5.70 Å². The highest BCUT2D eigenvalue weighted by Gasteiger charge is 2.10. The number of amidine groups is 1. The van der Waals surface area contributed by atoms with Crippen molar-refractivity contribution in [1.29, 1.82) is 0 Å². The third-order valence-corrected chi connectivity index (χ3v) is 3.13. The first-order valence-electron chi connectivity index (χ1n) is 5.80. The second kappa shape index (κ2) is 5.82. The normalized spacial score (nSPS) is 17.1. The van der Waals surface area contributed by atoms with Crippen LogP contribution in [0.5, 0.6) is 5.75 Å². The lowest BCUT2D eigenvalue weighted by Crippen LogP contribution is -2.37. The molecule has 0 spiro atoms. The molecule has 2 rings (SSSR count). The molecule has 1 aromatic carbocycles. The molecule has 96 valence electrons. The van der Waals surface area contributed by atoms with E-state index < -0.39 is 0 Å². The molecule has 1 aliphatic heterocycles. The van der Waals surface area contributed by atoms with Crippen molar-refractivity contribution < 1.29 is 4.74 Å². The van der Waals surface area contributed by atoms with Crippen molar-refractivity contribution in [2.24, 2.45) is 4.99 Å². The third-order valence-electron chi connectivity index (χ3n) is 2.35. The molecule has 1 heterocycles. The molecule has 0 radical (unpaired) electrons. The highest BCUT2D eigenvalue weighted by Crippen LogP contribution is 2.23. The van der Waals surface area contributed by atoms with E-state index in [1.54, 1.807) is 18.9 Å². The van der Waals surface area contributed by atoms with Crippen molar-refractivity contribution in [2.45, 2.75) is 19.9 Å². The predicted octanol–water partition coefficient (Wildman–Crippen LogP) is 2.60. The molecule has 1 aromatic rings. The van der Waals surface area contributed by atoms with E-state index in [0.29, 0.717) is 0 Å². The number of hydrazine groups is 1. The van der Waals surface area contributed by atoms with E-state index in [0.717, 1.165) is 22.2 Å². The Hall–Kier alpha value is -1.62. The Kier molecular flexibility index (Phi) is 4.15. The van der Waals surface area contributed by atoms with Gasteiger partial charge < -0.3 is 4.74 Å². The number of aliphatic imine (C=N–C) groups is 1. The Morgan fingerprint density at radius 3 is 2.72 bits per heavy atom. The number of hydrogen-bond donors (Lipinski definition) is 2. The maximum absolute atomic E-state index is 5.21. The Balaban J connectivity index is 2.14. The van der Waals surface area contributed by atoms with Crippen LogP contribution in [0.2, 0.25) is 0 Å². The van der Waals surface area contributed by atoms with Crippen LogP contribution in [0, 0.1) is 0 Å². The summed E-state index contributed by atoms with van der Waals surface area (Å²) < 4.78 is 5.21. The van der Waals surface area contributed by atoms with Gasteiger partial charge in [-0.05, 0) is 26.0 Å². The molecule has 2 N–H and O–H groups in total. The fraction of sp³-hybridized carbons (Fsp3) is 0.308. The zero-order chi connectivity index (χ0) is 13.0. The zero-order valence-electron chi connectivity index (χ0n) is 10.7. The minimum absolute atomic E-state index is 0.286. The second-order valence-corrected chi connectivity index (χ2v) is 5.02. The van der Waals surface area contributed by atoms with Crippen LogP contribution >= 0.6 is 11.8 Å². The van der Waals surface area contributed by atoms with Crippen LogP contribution in [-0.2, 0) is 0 Å². The fourth-order valence-electron chi connectivity index (χ4n) is 1.52. The van der Waals surface area contributed by atoms with E-state index in [1.165, 1.54) is 0 Å². The van der Waals surface area contributed by atoms with Gasteiger partial charge in [-0.2, -0.15) is 0 Å². The minimum atomic E-state index is 0.286. The molecule has 0 bridgehead atoms. The quantitative estimate of drug-likeness (QED) is 0.880.